The van der Waals surface area contributed by atoms with E-state index in [-0.39, 0.29) is 0 Å². The number of hydrogen-bond acceptors (Lipinski definition) is 10. The van der Waals surface area contributed by atoms with Gasteiger partial charge in [-0.05, 0) is 69.0 Å². The Bertz CT molecular complexity index is 1400. The number of nitrogens with zero attached hydrogens (tertiary/aromatic N) is 5. The Kier molecular flexibility index (Phi) is 8.91. The third-order valence-corrected chi connectivity index (χ3v) is 9.10. The third kappa shape index (κ3) is 6.88. The lowest BCUT2D eigenvalue weighted by Gasteiger charge is -2.36. The van der Waals surface area contributed by atoms with Gasteiger partial charge in [-0.3, -0.25) is 9.80 Å². The minimum absolute atomic E-state index is 0.325. The van der Waals surface area contributed by atoms with Crippen molar-refractivity contribution < 1.29 is 29.3 Å². The average Bonchev–Trinajstić information content (AvgIpc) is 3.53. The van der Waals surface area contributed by atoms with E-state index in [1.807, 2.05) is 17.4 Å². The van der Waals surface area contributed by atoms with Crippen LogP contribution in [0.4, 0.5) is 5.82 Å². The monoisotopic (exact) mass is 583 g/mol. The minimum Gasteiger partial charge on any atom is -0.473 e. The highest BCUT2D eigenvalue weighted by atomic mass is 32.1. The number of anilines is 1. The predicted molar refractivity (Wildman–Crippen MR) is 156 cm³/mol. The van der Waals surface area contributed by atoms with Gasteiger partial charge in [0.15, 0.2) is 11.5 Å². The molecule has 0 spiro atoms. The quantitative estimate of drug-likeness (QED) is 0.426. The highest BCUT2D eigenvalue weighted by Gasteiger charge is 2.25. The van der Waals surface area contributed by atoms with Crippen LogP contribution in [0.25, 0.3) is 10.2 Å². The van der Waals surface area contributed by atoms with Gasteiger partial charge < -0.3 is 24.6 Å². The summed E-state index contributed by atoms with van der Waals surface area (Å²) in [4.78, 5) is 38.5. The van der Waals surface area contributed by atoms with E-state index in [0.717, 1.165) is 86.2 Å². The van der Waals surface area contributed by atoms with Crippen molar-refractivity contribution in [3.8, 4) is 11.5 Å². The Balaban J connectivity index is 0.000000511. The van der Waals surface area contributed by atoms with Crippen molar-refractivity contribution in [2.75, 3.05) is 51.0 Å². The largest absolute Gasteiger partial charge is 0.473 e. The molecule has 3 aromatic rings. The molecule has 0 atom stereocenters. The maximum Gasteiger partial charge on any atom is 0.414 e. The van der Waals surface area contributed by atoms with Crippen molar-refractivity contribution in [2.45, 2.75) is 46.7 Å². The number of likely N-dealkylation sites (tertiary alicyclic amines) is 1. The number of piperidine rings is 1. The number of benzene rings is 1. The molecule has 5 heterocycles. The molecule has 2 aromatic heterocycles. The molecule has 0 aliphatic carbocycles. The predicted octanol–water partition coefficient (Wildman–Crippen LogP) is 3.75. The Morgan fingerprint density at radius 2 is 1.59 bits per heavy atom. The molecule has 3 aliphatic rings. The number of carboxylic acid groups (broad SMARTS) is 2. The fourth-order valence-corrected chi connectivity index (χ4v) is 6.45. The fraction of sp³-hybridized carbons (Fsp3) is 0.517. The zero-order valence-electron chi connectivity index (χ0n) is 23.8. The van der Waals surface area contributed by atoms with Gasteiger partial charge >= 0.3 is 11.9 Å². The average molecular weight is 584 g/mol. The van der Waals surface area contributed by atoms with Crippen LogP contribution in [0.5, 0.6) is 11.5 Å². The summed E-state index contributed by atoms with van der Waals surface area (Å²) in [7, 11) is 0. The van der Waals surface area contributed by atoms with E-state index >= 15 is 0 Å². The standard InChI is InChI=1S/C27H35N5O2S.C2H2O4/c1-18-6-8-30(9-7-18)16-24-28-26(25-19(2)20(3)35-27(25)29-24)32-12-10-31(11-13-32)15-21-4-5-22-23(14-21)34-17-33-22;3-1(4)2(5)6/h4-5,14,18H,6-13,15-17H2,1-3H3;(H,3,4)(H,5,6). The molecule has 12 heteroatoms. The Hall–Kier alpha value is -3.48. The highest BCUT2D eigenvalue weighted by molar-refractivity contribution is 7.18. The van der Waals surface area contributed by atoms with Crippen LogP contribution in [0.2, 0.25) is 0 Å². The van der Waals surface area contributed by atoms with Crippen molar-refractivity contribution in [2.24, 2.45) is 5.92 Å². The number of aromatic nitrogens is 2. The fourth-order valence-electron chi connectivity index (χ4n) is 5.41. The number of thiophene rings is 1. The normalized spacial score (nSPS) is 17.9. The number of carboxylic acids is 2. The first-order valence-electron chi connectivity index (χ1n) is 14.0. The number of piperazine rings is 1. The van der Waals surface area contributed by atoms with Gasteiger partial charge in [0.05, 0.1) is 11.9 Å². The second-order valence-corrected chi connectivity index (χ2v) is 12.1. The summed E-state index contributed by atoms with van der Waals surface area (Å²) in [6.07, 6.45) is 2.55. The van der Waals surface area contributed by atoms with Gasteiger partial charge in [-0.2, -0.15) is 0 Å². The van der Waals surface area contributed by atoms with Crippen molar-refractivity contribution in [3.63, 3.8) is 0 Å². The molecule has 41 heavy (non-hydrogen) atoms. The van der Waals surface area contributed by atoms with E-state index in [1.54, 1.807) is 0 Å². The van der Waals surface area contributed by atoms with Gasteiger partial charge in [0.2, 0.25) is 6.79 Å². The van der Waals surface area contributed by atoms with E-state index in [1.165, 1.54) is 34.2 Å². The number of hydrogen-bond donors (Lipinski definition) is 2. The lowest BCUT2D eigenvalue weighted by atomic mass is 9.99. The number of ether oxygens (including phenoxy) is 2. The Labute approximate surface area is 243 Å². The number of carbonyl (C=O) groups is 2. The number of aliphatic carboxylic acids is 2. The molecule has 2 N–H and O–H groups in total. The number of fused-ring (bicyclic) bond motifs is 2. The lowest BCUT2D eigenvalue weighted by molar-refractivity contribution is -0.159. The van der Waals surface area contributed by atoms with Crippen LogP contribution in [-0.2, 0) is 22.7 Å². The summed E-state index contributed by atoms with van der Waals surface area (Å²) in [5.41, 5.74) is 2.61. The van der Waals surface area contributed by atoms with Crippen LogP contribution >= 0.6 is 11.3 Å². The summed E-state index contributed by atoms with van der Waals surface area (Å²) in [5.74, 6) is 1.02. The van der Waals surface area contributed by atoms with Gasteiger partial charge in [0, 0.05) is 37.6 Å². The van der Waals surface area contributed by atoms with Crippen LogP contribution in [0.15, 0.2) is 18.2 Å². The summed E-state index contributed by atoms with van der Waals surface area (Å²) in [5, 5.41) is 16.0. The Morgan fingerprint density at radius 3 is 2.27 bits per heavy atom. The summed E-state index contributed by atoms with van der Waals surface area (Å²) in [6.45, 7) is 15.2. The van der Waals surface area contributed by atoms with Crippen LogP contribution in [0, 0.1) is 19.8 Å². The topological polar surface area (TPSA) is 129 Å². The zero-order valence-corrected chi connectivity index (χ0v) is 24.6. The van der Waals surface area contributed by atoms with E-state index in [4.69, 9.17) is 39.2 Å². The molecule has 2 saturated heterocycles. The SMILES string of the molecule is Cc1sc2nc(CN3CCC(C)CC3)nc(N3CCN(Cc4ccc5c(c4)OCO5)CC3)c2c1C.O=C(O)C(=O)O. The minimum atomic E-state index is -1.82. The second-order valence-electron chi connectivity index (χ2n) is 10.9. The van der Waals surface area contributed by atoms with Crippen molar-refractivity contribution in [3.05, 3.63) is 40.0 Å². The van der Waals surface area contributed by atoms with Gasteiger partial charge in [0.25, 0.3) is 0 Å². The molecular weight excluding hydrogens is 546 g/mol. The van der Waals surface area contributed by atoms with E-state index in [0.29, 0.717) is 6.79 Å². The van der Waals surface area contributed by atoms with Crippen LogP contribution < -0.4 is 14.4 Å². The number of rotatable bonds is 5. The van der Waals surface area contributed by atoms with Gasteiger partial charge in [-0.25, -0.2) is 19.6 Å². The smallest absolute Gasteiger partial charge is 0.414 e. The van der Waals surface area contributed by atoms with Crippen molar-refractivity contribution in [1.29, 1.82) is 0 Å². The number of aryl methyl sites for hydroxylation is 2. The molecule has 1 aromatic carbocycles. The molecule has 2 fully saturated rings. The van der Waals surface area contributed by atoms with Gasteiger partial charge in [-0.1, -0.05) is 13.0 Å². The first-order valence-corrected chi connectivity index (χ1v) is 14.8. The van der Waals surface area contributed by atoms with Gasteiger partial charge in [0.1, 0.15) is 16.5 Å². The Morgan fingerprint density at radius 1 is 0.927 bits per heavy atom. The maximum absolute atomic E-state index is 9.10. The van der Waals surface area contributed by atoms with E-state index in [9.17, 15) is 0 Å². The maximum atomic E-state index is 9.10. The molecular formula is C29H37N5O6S. The van der Waals surface area contributed by atoms with Gasteiger partial charge in [-0.15, -0.1) is 11.3 Å². The molecule has 3 aliphatic heterocycles. The van der Waals surface area contributed by atoms with Crippen LogP contribution in [-0.4, -0.2) is 88.0 Å². The molecule has 0 bridgehead atoms. The van der Waals surface area contributed by atoms with Crippen LogP contribution in [0.1, 0.15) is 41.6 Å². The van der Waals surface area contributed by atoms with E-state index < -0.39 is 11.9 Å². The third-order valence-electron chi connectivity index (χ3n) is 8.00. The molecule has 6 rings (SSSR count). The second kappa shape index (κ2) is 12.6. The molecule has 0 unspecified atom stereocenters. The molecule has 220 valence electrons. The first kappa shape index (κ1) is 29.0. The van der Waals surface area contributed by atoms with Crippen molar-refractivity contribution in [1.82, 2.24) is 19.8 Å². The van der Waals surface area contributed by atoms with E-state index in [2.05, 4.69) is 47.6 Å². The van der Waals surface area contributed by atoms with Crippen LogP contribution in [0.3, 0.4) is 0 Å². The molecule has 0 saturated carbocycles. The lowest BCUT2D eigenvalue weighted by Crippen LogP contribution is -2.46. The first-order chi connectivity index (χ1) is 19.7. The summed E-state index contributed by atoms with van der Waals surface area (Å²) >= 11 is 1.82. The summed E-state index contributed by atoms with van der Waals surface area (Å²) < 4.78 is 11.0. The zero-order chi connectivity index (χ0) is 29.1. The highest BCUT2D eigenvalue weighted by Crippen LogP contribution is 2.36. The van der Waals surface area contributed by atoms with Crippen molar-refractivity contribution >= 4 is 39.3 Å². The molecule has 11 nitrogen and oxygen atoms in total. The molecule has 0 radical (unpaired) electrons. The summed E-state index contributed by atoms with van der Waals surface area (Å²) in [6, 6.07) is 6.30. The molecule has 0 amide bonds.